The van der Waals surface area contributed by atoms with Crippen molar-refractivity contribution < 1.29 is 0 Å². The Morgan fingerprint density at radius 3 is 2.89 bits per heavy atom. The Kier molecular flexibility index (Phi) is 5.16. The number of hydrogen-bond donors (Lipinski definition) is 2. The van der Waals surface area contributed by atoms with Gasteiger partial charge in [-0.05, 0) is 37.9 Å². The molecule has 1 aliphatic rings. The predicted molar refractivity (Wildman–Crippen MR) is 78.5 cm³/mol. The summed E-state index contributed by atoms with van der Waals surface area (Å²) in [6.45, 7) is 8.70. The van der Waals surface area contributed by atoms with E-state index in [4.69, 9.17) is 0 Å². The summed E-state index contributed by atoms with van der Waals surface area (Å²) in [4.78, 5) is 16.7. The van der Waals surface area contributed by atoms with Gasteiger partial charge in [0.15, 0.2) is 0 Å². The highest BCUT2D eigenvalue weighted by Gasteiger charge is 2.20. The molecule has 0 bridgehead atoms. The van der Waals surface area contributed by atoms with Crippen molar-refractivity contribution >= 4 is 0 Å². The quantitative estimate of drug-likeness (QED) is 0.821. The van der Waals surface area contributed by atoms with Crippen LogP contribution in [-0.4, -0.2) is 36.1 Å². The topological polar surface area (TPSA) is 48.1 Å². The van der Waals surface area contributed by atoms with E-state index in [1.807, 2.05) is 6.07 Å². The second-order valence-corrected chi connectivity index (χ2v) is 5.18. The number of aromatic nitrogens is 1. The summed E-state index contributed by atoms with van der Waals surface area (Å²) in [5.74, 6) is 0. The van der Waals surface area contributed by atoms with Gasteiger partial charge >= 0.3 is 0 Å². The third-order valence-electron chi connectivity index (χ3n) is 4.05. The lowest BCUT2D eigenvalue weighted by Crippen LogP contribution is -2.35. The van der Waals surface area contributed by atoms with Crippen molar-refractivity contribution in [2.24, 2.45) is 0 Å². The molecule has 2 N–H and O–H groups in total. The van der Waals surface area contributed by atoms with Gasteiger partial charge in [0.05, 0.1) is 0 Å². The summed E-state index contributed by atoms with van der Waals surface area (Å²) >= 11 is 0. The van der Waals surface area contributed by atoms with E-state index < -0.39 is 0 Å². The number of hydrogen-bond acceptors (Lipinski definition) is 3. The number of aryl methyl sites for hydroxylation is 1. The minimum atomic E-state index is 0.0162. The first kappa shape index (κ1) is 14.3. The van der Waals surface area contributed by atoms with Gasteiger partial charge in [-0.2, -0.15) is 0 Å². The second-order valence-electron chi connectivity index (χ2n) is 5.18. The first-order chi connectivity index (χ1) is 9.24. The van der Waals surface area contributed by atoms with Crippen LogP contribution in [0.5, 0.6) is 0 Å². The lowest BCUT2D eigenvalue weighted by atomic mass is 9.91. The standard InChI is InChI=1S/C15H25N3O/c1-3-18(4-2)11-10-16-13-6-5-7-14-12(13)8-9-15(19)17-14/h8-9,13,16H,3-7,10-11H2,1-2H3,(H,17,19). The van der Waals surface area contributed by atoms with Crippen molar-refractivity contribution in [3.05, 3.63) is 33.7 Å². The summed E-state index contributed by atoms with van der Waals surface area (Å²) in [7, 11) is 0. The maximum atomic E-state index is 11.3. The maximum Gasteiger partial charge on any atom is 0.248 e. The highest BCUT2D eigenvalue weighted by atomic mass is 16.1. The van der Waals surface area contributed by atoms with Crippen LogP contribution in [-0.2, 0) is 6.42 Å². The molecule has 1 aromatic rings. The molecule has 106 valence electrons. The fraction of sp³-hybridized carbons (Fsp3) is 0.667. The zero-order valence-electron chi connectivity index (χ0n) is 12.0. The molecule has 1 aliphatic carbocycles. The van der Waals surface area contributed by atoms with Crippen molar-refractivity contribution in [1.82, 2.24) is 15.2 Å². The number of nitrogens with one attached hydrogen (secondary N) is 2. The average molecular weight is 263 g/mol. The van der Waals surface area contributed by atoms with Crippen LogP contribution < -0.4 is 10.9 Å². The summed E-state index contributed by atoms with van der Waals surface area (Å²) < 4.78 is 0. The Hall–Kier alpha value is -1.13. The molecule has 1 aromatic heterocycles. The van der Waals surface area contributed by atoms with E-state index in [-0.39, 0.29) is 5.56 Å². The van der Waals surface area contributed by atoms with E-state index in [2.05, 4.69) is 29.0 Å². The molecular weight excluding hydrogens is 238 g/mol. The fourth-order valence-corrected chi connectivity index (χ4v) is 2.85. The summed E-state index contributed by atoms with van der Waals surface area (Å²) in [6.07, 6.45) is 3.31. The van der Waals surface area contributed by atoms with Gasteiger partial charge in [0, 0.05) is 30.9 Å². The number of aromatic amines is 1. The van der Waals surface area contributed by atoms with Crippen molar-refractivity contribution in [1.29, 1.82) is 0 Å². The number of rotatable bonds is 6. The molecule has 4 nitrogen and oxygen atoms in total. The van der Waals surface area contributed by atoms with Gasteiger partial charge in [0.2, 0.25) is 5.56 Å². The normalized spacial score (nSPS) is 18.6. The SMILES string of the molecule is CCN(CC)CCNC1CCCc2[nH]c(=O)ccc21. The largest absolute Gasteiger partial charge is 0.326 e. The Bertz CT molecular complexity index is 451. The number of fused-ring (bicyclic) bond motifs is 1. The fourth-order valence-electron chi connectivity index (χ4n) is 2.85. The van der Waals surface area contributed by atoms with Gasteiger partial charge in [-0.1, -0.05) is 19.9 Å². The number of nitrogens with zero attached hydrogens (tertiary/aromatic N) is 1. The monoisotopic (exact) mass is 263 g/mol. The third kappa shape index (κ3) is 3.67. The molecule has 0 aliphatic heterocycles. The van der Waals surface area contributed by atoms with Crippen LogP contribution in [0.1, 0.15) is 44.0 Å². The van der Waals surface area contributed by atoms with Crippen LogP contribution >= 0.6 is 0 Å². The highest BCUT2D eigenvalue weighted by Crippen LogP contribution is 2.27. The first-order valence-electron chi connectivity index (χ1n) is 7.42. The van der Waals surface area contributed by atoms with Crippen molar-refractivity contribution in [3.63, 3.8) is 0 Å². The molecule has 19 heavy (non-hydrogen) atoms. The van der Waals surface area contributed by atoms with Gasteiger partial charge in [-0.3, -0.25) is 4.79 Å². The molecule has 0 amide bonds. The van der Waals surface area contributed by atoms with E-state index in [1.54, 1.807) is 6.07 Å². The zero-order chi connectivity index (χ0) is 13.7. The summed E-state index contributed by atoms with van der Waals surface area (Å²) in [5.41, 5.74) is 2.42. The van der Waals surface area contributed by atoms with Crippen LogP contribution in [0.2, 0.25) is 0 Å². The van der Waals surface area contributed by atoms with E-state index in [0.29, 0.717) is 6.04 Å². The minimum Gasteiger partial charge on any atom is -0.326 e. The summed E-state index contributed by atoms with van der Waals surface area (Å²) in [5, 5.41) is 3.63. The van der Waals surface area contributed by atoms with E-state index in [1.165, 1.54) is 5.56 Å². The lowest BCUT2D eigenvalue weighted by Gasteiger charge is -2.27. The molecule has 1 unspecified atom stereocenters. The van der Waals surface area contributed by atoms with Gasteiger partial charge in [0.25, 0.3) is 0 Å². The molecule has 0 aromatic carbocycles. The maximum absolute atomic E-state index is 11.3. The number of H-pyrrole nitrogens is 1. The van der Waals surface area contributed by atoms with E-state index in [9.17, 15) is 4.79 Å². The molecule has 1 atom stereocenters. The summed E-state index contributed by atoms with van der Waals surface area (Å²) in [6, 6.07) is 4.03. The Morgan fingerprint density at radius 1 is 1.37 bits per heavy atom. The first-order valence-corrected chi connectivity index (χ1v) is 7.42. The lowest BCUT2D eigenvalue weighted by molar-refractivity contribution is 0.292. The van der Waals surface area contributed by atoms with Crippen molar-refractivity contribution in [2.75, 3.05) is 26.2 Å². The average Bonchev–Trinajstić information content (AvgIpc) is 2.43. The molecule has 0 fully saturated rings. The second kappa shape index (κ2) is 6.87. The van der Waals surface area contributed by atoms with Crippen LogP contribution in [0, 0.1) is 0 Å². The van der Waals surface area contributed by atoms with E-state index in [0.717, 1.165) is 51.1 Å². The van der Waals surface area contributed by atoms with Crippen LogP contribution in [0.4, 0.5) is 0 Å². The number of pyridine rings is 1. The van der Waals surface area contributed by atoms with E-state index >= 15 is 0 Å². The molecular formula is C15H25N3O. The van der Waals surface area contributed by atoms with Gasteiger partial charge in [-0.15, -0.1) is 0 Å². The van der Waals surface area contributed by atoms with Crippen molar-refractivity contribution in [3.8, 4) is 0 Å². The van der Waals surface area contributed by atoms with Crippen LogP contribution in [0.3, 0.4) is 0 Å². The van der Waals surface area contributed by atoms with Gasteiger partial charge in [-0.25, -0.2) is 0 Å². The highest BCUT2D eigenvalue weighted by molar-refractivity contribution is 5.26. The smallest absolute Gasteiger partial charge is 0.248 e. The molecule has 4 heteroatoms. The third-order valence-corrected chi connectivity index (χ3v) is 4.05. The minimum absolute atomic E-state index is 0.0162. The van der Waals surface area contributed by atoms with Gasteiger partial charge < -0.3 is 15.2 Å². The van der Waals surface area contributed by atoms with Crippen LogP contribution in [0.15, 0.2) is 16.9 Å². The Balaban J connectivity index is 1.94. The van der Waals surface area contributed by atoms with Gasteiger partial charge in [0.1, 0.15) is 0 Å². The molecule has 0 radical (unpaired) electrons. The van der Waals surface area contributed by atoms with Crippen molar-refractivity contribution in [2.45, 2.75) is 39.2 Å². The Morgan fingerprint density at radius 2 is 2.16 bits per heavy atom. The molecule has 0 saturated carbocycles. The predicted octanol–water partition coefficient (Wildman–Crippen LogP) is 1.68. The molecule has 0 saturated heterocycles. The number of likely N-dealkylation sites (N-methyl/N-ethyl adjacent to an activating group) is 1. The molecule has 1 heterocycles. The van der Waals surface area contributed by atoms with Crippen LogP contribution in [0.25, 0.3) is 0 Å². The molecule has 2 rings (SSSR count). The Labute approximate surface area is 115 Å². The molecule has 0 spiro atoms. The zero-order valence-corrected chi connectivity index (χ0v) is 12.0.